The van der Waals surface area contributed by atoms with Crippen LogP contribution in [-0.2, 0) is 14.8 Å². The molecular weight excluding hydrogens is 566 g/mol. The molecule has 2 aliphatic carbocycles. The molecule has 0 spiro atoms. The van der Waals surface area contributed by atoms with Gasteiger partial charge in [0, 0.05) is 23.2 Å². The highest BCUT2D eigenvalue weighted by Gasteiger charge is 2.38. The third-order valence-corrected chi connectivity index (χ3v) is 9.97. The molecule has 1 aliphatic heterocycles. The molecule has 5 rings (SSSR count). The predicted molar refractivity (Wildman–Crippen MR) is 149 cm³/mol. The molecule has 0 radical (unpaired) electrons. The number of hydrogen-bond donors (Lipinski definition) is 1. The van der Waals surface area contributed by atoms with Gasteiger partial charge in [0.1, 0.15) is 11.6 Å². The van der Waals surface area contributed by atoms with Crippen molar-refractivity contribution in [2.45, 2.75) is 55.7 Å². The zero-order chi connectivity index (χ0) is 27.7. The van der Waals surface area contributed by atoms with Crippen molar-refractivity contribution in [2.24, 2.45) is 5.92 Å². The molecule has 39 heavy (non-hydrogen) atoms. The Balaban J connectivity index is 1.22. The zero-order valence-corrected chi connectivity index (χ0v) is 24.1. The highest BCUT2D eigenvalue weighted by Crippen LogP contribution is 2.45. The first kappa shape index (κ1) is 28.6. The van der Waals surface area contributed by atoms with Gasteiger partial charge in [-0.05, 0) is 98.8 Å². The summed E-state index contributed by atoms with van der Waals surface area (Å²) in [5.74, 6) is -0.797. The van der Waals surface area contributed by atoms with Crippen LogP contribution in [0.1, 0.15) is 72.0 Å². The van der Waals surface area contributed by atoms with E-state index in [1.165, 1.54) is 12.1 Å². The molecule has 1 atom stereocenters. The monoisotopic (exact) mass is 598 g/mol. The number of nitrogens with zero attached hydrogens (tertiary/aromatic N) is 1. The van der Waals surface area contributed by atoms with Gasteiger partial charge in [0.2, 0.25) is 10.0 Å². The molecule has 2 saturated carbocycles. The van der Waals surface area contributed by atoms with Gasteiger partial charge in [-0.1, -0.05) is 23.2 Å². The Morgan fingerprint density at radius 1 is 1.05 bits per heavy atom. The smallest absolute Gasteiger partial charge is 0.267 e. The first-order valence-corrected chi connectivity index (χ1v) is 15.7. The molecule has 7 nitrogen and oxygen atoms in total. The lowest BCUT2D eigenvalue weighted by atomic mass is 9.95. The van der Waals surface area contributed by atoms with E-state index in [4.69, 9.17) is 32.7 Å². The van der Waals surface area contributed by atoms with Crippen LogP contribution in [0.25, 0.3) is 0 Å². The number of nitrogens with one attached hydrogen (secondary N) is 1. The molecule has 1 amide bonds. The first-order valence-electron chi connectivity index (χ1n) is 13.4. The number of halogens is 3. The van der Waals surface area contributed by atoms with E-state index in [9.17, 15) is 17.6 Å². The molecule has 212 valence electrons. The molecule has 1 saturated heterocycles. The molecule has 11 heteroatoms. The maximum absolute atomic E-state index is 15.0. The van der Waals surface area contributed by atoms with Gasteiger partial charge in [0.05, 0.1) is 30.1 Å². The van der Waals surface area contributed by atoms with E-state index in [-0.39, 0.29) is 23.4 Å². The van der Waals surface area contributed by atoms with Crippen molar-refractivity contribution < 1.29 is 27.1 Å². The quantitative estimate of drug-likeness (QED) is 0.356. The number of carbonyl (C=O) groups is 1. The number of sulfonamides is 1. The summed E-state index contributed by atoms with van der Waals surface area (Å²) in [4.78, 5) is 15.0. The van der Waals surface area contributed by atoms with E-state index in [0.29, 0.717) is 41.9 Å². The Morgan fingerprint density at radius 2 is 1.72 bits per heavy atom. The fourth-order valence-corrected chi connectivity index (χ4v) is 7.04. The number of hydrogen-bond acceptors (Lipinski definition) is 6. The molecule has 3 aliphatic rings. The second kappa shape index (κ2) is 11.9. The van der Waals surface area contributed by atoms with E-state index in [1.807, 2.05) is 16.9 Å². The Bertz CT molecular complexity index is 1310. The van der Waals surface area contributed by atoms with Crippen LogP contribution in [0.5, 0.6) is 5.75 Å². The van der Waals surface area contributed by atoms with E-state index < -0.39 is 27.0 Å². The minimum Gasteiger partial charge on any atom is -0.493 e. The number of rotatable bonds is 11. The Labute approximate surface area is 239 Å². The van der Waals surface area contributed by atoms with Gasteiger partial charge in [0.25, 0.3) is 5.91 Å². The molecule has 3 fully saturated rings. The maximum atomic E-state index is 15.0. The number of piperidine rings is 1. The summed E-state index contributed by atoms with van der Waals surface area (Å²) in [7, 11) is -2.08. The molecule has 1 N–H and O–H groups in total. The second-order valence-electron chi connectivity index (χ2n) is 10.8. The largest absolute Gasteiger partial charge is 0.493 e. The van der Waals surface area contributed by atoms with Gasteiger partial charge < -0.3 is 9.47 Å². The van der Waals surface area contributed by atoms with Crippen LogP contribution in [0, 0.1) is 11.7 Å². The third kappa shape index (κ3) is 7.06. The Morgan fingerprint density at radius 3 is 2.31 bits per heavy atom. The average molecular weight is 600 g/mol. The zero-order valence-electron chi connectivity index (χ0n) is 21.8. The van der Waals surface area contributed by atoms with Crippen molar-refractivity contribution in [2.75, 3.05) is 33.4 Å². The Hall–Kier alpha value is -1.91. The summed E-state index contributed by atoms with van der Waals surface area (Å²) >= 11 is 12.5. The summed E-state index contributed by atoms with van der Waals surface area (Å²) in [6.07, 6.45) is 4.69. The van der Waals surface area contributed by atoms with Gasteiger partial charge in [-0.15, -0.1) is 0 Å². The van der Waals surface area contributed by atoms with Gasteiger partial charge >= 0.3 is 0 Å². The van der Waals surface area contributed by atoms with Crippen LogP contribution in [0.15, 0.2) is 30.3 Å². The lowest BCUT2D eigenvalue weighted by Gasteiger charge is -2.37. The molecule has 1 unspecified atom stereocenters. The van der Waals surface area contributed by atoms with Crippen molar-refractivity contribution in [3.05, 3.63) is 62.9 Å². The highest BCUT2D eigenvalue weighted by atomic mass is 35.5. The van der Waals surface area contributed by atoms with Crippen molar-refractivity contribution >= 4 is 39.1 Å². The van der Waals surface area contributed by atoms with Crippen LogP contribution in [0.4, 0.5) is 4.39 Å². The van der Waals surface area contributed by atoms with Crippen LogP contribution in [-0.4, -0.2) is 57.9 Å². The minimum absolute atomic E-state index is 0.0334. The highest BCUT2D eigenvalue weighted by molar-refractivity contribution is 7.91. The predicted octanol–water partition coefficient (Wildman–Crippen LogP) is 5.71. The summed E-state index contributed by atoms with van der Waals surface area (Å²) in [6.45, 7) is 2.63. The SMILES string of the molecule is COCC(c1cc(Cl)cc(Cl)c1)N1CCC(COc2cc(F)c(C(=O)NS(=O)(=O)C3CC3)cc2C2CC2)CC1. The Kier molecular flexibility index (Phi) is 8.74. The number of carbonyl (C=O) groups excluding carboxylic acids is 1. The van der Waals surface area contributed by atoms with Gasteiger partial charge in [-0.2, -0.15) is 0 Å². The second-order valence-corrected chi connectivity index (χ2v) is 13.6. The number of likely N-dealkylation sites (tertiary alicyclic amines) is 1. The molecule has 0 bridgehead atoms. The summed E-state index contributed by atoms with van der Waals surface area (Å²) in [5.41, 5.74) is 1.52. The topological polar surface area (TPSA) is 84.9 Å². The van der Waals surface area contributed by atoms with Crippen molar-refractivity contribution in [1.82, 2.24) is 9.62 Å². The van der Waals surface area contributed by atoms with Crippen LogP contribution in [0.3, 0.4) is 0 Å². The molecule has 2 aromatic carbocycles. The van der Waals surface area contributed by atoms with Gasteiger partial charge in [0.15, 0.2) is 0 Å². The lowest BCUT2D eigenvalue weighted by Crippen LogP contribution is -2.39. The number of methoxy groups -OCH3 is 1. The molecule has 1 heterocycles. The molecule has 2 aromatic rings. The van der Waals surface area contributed by atoms with E-state index in [1.54, 1.807) is 13.2 Å². The number of ether oxygens (including phenoxy) is 2. The van der Waals surface area contributed by atoms with Crippen LogP contribution < -0.4 is 9.46 Å². The molecule has 0 aromatic heterocycles. The van der Waals surface area contributed by atoms with Gasteiger partial charge in [-0.25, -0.2) is 17.5 Å². The van der Waals surface area contributed by atoms with Crippen LogP contribution >= 0.6 is 23.2 Å². The lowest BCUT2D eigenvalue weighted by molar-refractivity contribution is 0.0556. The number of benzene rings is 2. The maximum Gasteiger partial charge on any atom is 0.267 e. The average Bonchev–Trinajstić information content (AvgIpc) is 3.78. The summed E-state index contributed by atoms with van der Waals surface area (Å²) in [5, 5.41) is 0.622. The van der Waals surface area contributed by atoms with E-state index in [0.717, 1.165) is 49.9 Å². The van der Waals surface area contributed by atoms with Crippen LogP contribution in [0.2, 0.25) is 10.0 Å². The molecular formula is C28H33Cl2FN2O5S. The standard InChI is InChI=1S/C28H33Cl2FN2O5S/c1-37-16-26(19-10-20(29)12-21(30)11-19)33-8-6-17(7-9-33)15-38-27-14-25(31)24(13-23(27)18-2-3-18)28(34)32-39(35,36)22-4-5-22/h10-14,17-18,22,26H,2-9,15-16H2,1H3,(H,32,34). The normalized spacial score (nSPS) is 19.6. The van der Waals surface area contributed by atoms with E-state index >= 15 is 0 Å². The first-order chi connectivity index (χ1) is 18.6. The minimum atomic E-state index is -3.76. The number of amides is 1. The van der Waals surface area contributed by atoms with Crippen molar-refractivity contribution in [3.8, 4) is 5.75 Å². The summed E-state index contributed by atoms with van der Waals surface area (Å²) in [6, 6.07) is 8.30. The van der Waals surface area contributed by atoms with Crippen molar-refractivity contribution in [3.63, 3.8) is 0 Å². The fraction of sp³-hybridized carbons (Fsp3) is 0.536. The third-order valence-electron chi connectivity index (χ3n) is 7.72. The summed E-state index contributed by atoms with van der Waals surface area (Å²) < 4.78 is 53.0. The van der Waals surface area contributed by atoms with Gasteiger partial charge in [-0.3, -0.25) is 9.69 Å². The van der Waals surface area contributed by atoms with Crippen molar-refractivity contribution in [1.29, 1.82) is 0 Å². The fourth-order valence-electron chi connectivity index (χ4n) is 5.21. The van der Waals surface area contributed by atoms with E-state index in [2.05, 4.69) is 4.90 Å².